The van der Waals surface area contributed by atoms with Crippen molar-refractivity contribution in [1.82, 2.24) is 4.90 Å². The van der Waals surface area contributed by atoms with Crippen LogP contribution in [-0.4, -0.2) is 31.1 Å². The minimum absolute atomic E-state index is 0.307. The third-order valence-corrected chi connectivity index (χ3v) is 2.91. The third-order valence-electron chi connectivity index (χ3n) is 2.67. The highest BCUT2D eigenvalue weighted by Gasteiger charge is 2.18. The Labute approximate surface area is 98.6 Å². The number of anilines is 1. The smallest absolute Gasteiger partial charge is 0.179 e. The summed E-state index contributed by atoms with van der Waals surface area (Å²) in [6, 6.07) is 4.67. The second-order valence-electron chi connectivity index (χ2n) is 3.67. The van der Waals surface area contributed by atoms with Crippen LogP contribution in [0, 0.1) is 17.3 Å². The van der Waals surface area contributed by atoms with Crippen molar-refractivity contribution in [2.24, 2.45) is 0 Å². The van der Waals surface area contributed by atoms with Crippen molar-refractivity contribution in [2.75, 3.05) is 31.1 Å². The van der Waals surface area contributed by atoms with Crippen LogP contribution in [0.2, 0.25) is 5.02 Å². The van der Waals surface area contributed by atoms with Gasteiger partial charge < -0.3 is 9.80 Å². The molecule has 1 aromatic carbocycles. The second-order valence-corrected chi connectivity index (χ2v) is 4.11. The molecular formula is C11H11ClFN3. The molecule has 0 bridgehead atoms. The molecule has 1 fully saturated rings. The van der Waals surface area contributed by atoms with Gasteiger partial charge in [0.1, 0.15) is 5.82 Å². The average molecular weight is 240 g/mol. The van der Waals surface area contributed by atoms with Crippen molar-refractivity contribution >= 4 is 17.3 Å². The van der Waals surface area contributed by atoms with Gasteiger partial charge in [-0.1, -0.05) is 11.6 Å². The molecule has 1 heterocycles. The molecule has 3 nitrogen and oxygen atoms in total. The summed E-state index contributed by atoms with van der Waals surface area (Å²) in [7, 11) is 0. The minimum atomic E-state index is -0.307. The van der Waals surface area contributed by atoms with Gasteiger partial charge >= 0.3 is 0 Å². The minimum Gasteiger partial charge on any atom is -0.366 e. The summed E-state index contributed by atoms with van der Waals surface area (Å²) in [6.07, 6.45) is 2.09. The van der Waals surface area contributed by atoms with Crippen LogP contribution in [0.15, 0.2) is 18.2 Å². The molecule has 16 heavy (non-hydrogen) atoms. The number of rotatable bonds is 1. The van der Waals surface area contributed by atoms with Crippen molar-refractivity contribution in [2.45, 2.75) is 0 Å². The maximum Gasteiger partial charge on any atom is 0.179 e. The lowest BCUT2D eigenvalue weighted by Gasteiger charge is -2.33. The first-order valence-electron chi connectivity index (χ1n) is 5.05. The van der Waals surface area contributed by atoms with Crippen LogP contribution in [0.1, 0.15) is 0 Å². The van der Waals surface area contributed by atoms with Gasteiger partial charge in [0.05, 0.1) is 5.69 Å². The highest BCUT2D eigenvalue weighted by Crippen LogP contribution is 2.23. The normalized spacial score (nSPS) is 16.1. The zero-order valence-corrected chi connectivity index (χ0v) is 9.41. The van der Waals surface area contributed by atoms with E-state index in [1.54, 1.807) is 17.0 Å². The van der Waals surface area contributed by atoms with Gasteiger partial charge in [0.25, 0.3) is 0 Å². The van der Waals surface area contributed by atoms with Gasteiger partial charge in [0, 0.05) is 31.2 Å². The summed E-state index contributed by atoms with van der Waals surface area (Å²) in [5.41, 5.74) is 0.557. The van der Waals surface area contributed by atoms with Crippen LogP contribution in [0.4, 0.5) is 10.1 Å². The first-order chi connectivity index (χ1) is 7.70. The van der Waals surface area contributed by atoms with Crippen molar-refractivity contribution in [3.8, 4) is 6.19 Å². The topological polar surface area (TPSA) is 30.3 Å². The number of nitriles is 1. The zero-order valence-electron chi connectivity index (χ0n) is 8.66. The molecule has 0 amide bonds. The molecule has 0 N–H and O–H groups in total. The van der Waals surface area contributed by atoms with E-state index in [0.717, 1.165) is 0 Å². The standard InChI is InChI=1S/C11H11ClFN3/c12-9-1-2-11(10(13)7-9)16-5-3-15(8-14)4-6-16/h1-2,7H,3-6H2. The Morgan fingerprint density at radius 2 is 1.94 bits per heavy atom. The fourth-order valence-electron chi connectivity index (χ4n) is 1.79. The largest absolute Gasteiger partial charge is 0.366 e. The van der Waals surface area contributed by atoms with E-state index in [4.69, 9.17) is 16.9 Å². The average Bonchev–Trinajstić information content (AvgIpc) is 2.29. The van der Waals surface area contributed by atoms with Crippen molar-refractivity contribution in [3.63, 3.8) is 0 Å². The molecule has 0 aliphatic carbocycles. The molecule has 0 radical (unpaired) electrons. The SMILES string of the molecule is N#CN1CCN(c2ccc(Cl)cc2F)CC1. The number of benzene rings is 1. The van der Waals surface area contributed by atoms with Gasteiger partial charge in [-0.2, -0.15) is 5.26 Å². The Bertz CT molecular complexity index is 422. The van der Waals surface area contributed by atoms with Gasteiger partial charge in [-0.25, -0.2) is 4.39 Å². The van der Waals surface area contributed by atoms with Crippen molar-refractivity contribution in [3.05, 3.63) is 29.0 Å². The molecule has 1 aliphatic heterocycles. The van der Waals surface area contributed by atoms with Crippen LogP contribution in [-0.2, 0) is 0 Å². The van der Waals surface area contributed by atoms with Crippen LogP contribution >= 0.6 is 11.6 Å². The number of halogens is 2. The van der Waals surface area contributed by atoms with Crippen molar-refractivity contribution < 1.29 is 4.39 Å². The molecule has 1 aromatic rings. The van der Waals surface area contributed by atoms with E-state index < -0.39 is 0 Å². The lowest BCUT2D eigenvalue weighted by Crippen LogP contribution is -2.44. The number of nitrogens with zero attached hydrogens (tertiary/aromatic N) is 3. The van der Waals surface area contributed by atoms with Gasteiger partial charge in [0.2, 0.25) is 0 Å². The molecule has 0 saturated carbocycles. The monoisotopic (exact) mass is 239 g/mol. The predicted molar refractivity (Wildman–Crippen MR) is 60.8 cm³/mol. The lowest BCUT2D eigenvalue weighted by molar-refractivity contribution is 0.361. The summed E-state index contributed by atoms with van der Waals surface area (Å²) in [5.74, 6) is -0.307. The molecule has 0 unspecified atom stereocenters. The number of hydrogen-bond acceptors (Lipinski definition) is 3. The maximum absolute atomic E-state index is 13.6. The van der Waals surface area contributed by atoms with Crippen LogP contribution in [0.5, 0.6) is 0 Å². The summed E-state index contributed by atoms with van der Waals surface area (Å²) >= 11 is 5.69. The fourth-order valence-corrected chi connectivity index (χ4v) is 1.94. The van der Waals surface area contributed by atoms with E-state index in [9.17, 15) is 4.39 Å². The first-order valence-corrected chi connectivity index (χ1v) is 5.43. The van der Waals surface area contributed by atoms with Gasteiger partial charge in [-0.3, -0.25) is 0 Å². The van der Waals surface area contributed by atoms with Gasteiger partial charge in [-0.15, -0.1) is 0 Å². The lowest BCUT2D eigenvalue weighted by atomic mass is 10.2. The molecule has 1 saturated heterocycles. The highest BCUT2D eigenvalue weighted by atomic mass is 35.5. The van der Waals surface area contributed by atoms with Crippen molar-refractivity contribution in [1.29, 1.82) is 5.26 Å². The highest BCUT2D eigenvalue weighted by molar-refractivity contribution is 6.30. The van der Waals surface area contributed by atoms with Crippen LogP contribution < -0.4 is 4.90 Å². The molecule has 1 aliphatic rings. The Morgan fingerprint density at radius 3 is 2.50 bits per heavy atom. The molecule has 5 heteroatoms. The van der Waals surface area contributed by atoms with Gasteiger partial charge in [-0.05, 0) is 18.2 Å². The Hall–Kier alpha value is -1.47. The van der Waals surface area contributed by atoms with Gasteiger partial charge in [0.15, 0.2) is 6.19 Å². The third kappa shape index (κ3) is 2.20. The van der Waals surface area contributed by atoms with Crippen LogP contribution in [0.25, 0.3) is 0 Å². The number of hydrogen-bond donors (Lipinski definition) is 0. The van der Waals surface area contributed by atoms with E-state index in [1.165, 1.54) is 6.07 Å². The Morgan fingerprint density at radius 1 is 1.25 bits per heavy atom. The fraction of sp³-hybridized carbons (Fsp3) is 0.364. The Balaban J connectivity index is 2.12. The summed E-state index contributed by atoms with van der Waals surface area (Å²) in [5, 5.41) is 9.10. The summed E-state index contributed by atoms with van der Waals surface area (Å²) < 4.78 is 13.6. The summed E-state index contributed by atoms with van der Waals surface area (Å²) in [6.45, 7) is 2.59. The van der Waals surface area contributed by atoms with E-state index in [-0.39, 0.29) is 5.82 Å². The first kappa shape index (κ1) is 11.0. The molecule has 0 spiro atoms. The van der Waals surface area contributed by atoms with E-state index in [0.29, 0.717) is 36.9 Å². The Kier molecular flexibility index (Phi) is 3.16. The predicted octanol–water partition coefficient (Wildman–Crippen LogP) is 2.08. The molecule has 0 atom stereocenters. The second kappa shape index (κ2) is 4.58. The van der Waals surface area contributed by atoms with E-state index in [1.807, 2.05) is 4.90 Å². The maximum atomic E-state index is 13.6. The summed E-state index contributed by atoms with van der Waals surface area (Å²) in [4.78, 5) is 3.60. The number of piperazine rings is 1. The quantitative estimate of drug-likeness (QED) is 0.703. The molecular weight excluding hydrogens is 229 g/mol. The van der Waals surface area contributed by atoms with E-state index >= 15 is 0 Å². The van der Waals surface area contributed by atoms with E-state index in [2.05, 4.69) is 6.19 Å². The zero-order chi connectivity index (χ0) is 11.5. The molecule has 2 rings (SSSR count). The molecule has 0 aromatic heterocycles. The molecule has 84 valence electrons. The van der Waals surface area contributed by atoms with Crippen LogP contribution in [0.3, 0.4) is 0 Å².